The molecule has 168 valence electrons. The number of benzene rings is 2. The lowest BCUT2D eigenvalue weighted by atomic mass is 9.98. The van der Waals surface area contributed by atoms with E-state index in [9.17, 15) is 9.59 Å². The molecule has 0 saturated heterocycles. The summed E-state index contributed by atoms with van der Waals surface area (Å²) < 4.78 is 12.7. The van der Waals surface area contributed by atoms with Gasteiger partial charge in [-0.05, 0) is 47.8 Å². The zero-order valence-corrected chi connectivity index (χ0v) is 19.0. The minimum atomic E-state index is -0.699. The van der Waals surface area contributed by atoms with Crippen LogP contribution in [0.3, 0.4) is 0 Å². The van der Waals surface area contributed by atoms with Crippen molar-refractivity contribution in [1.29, 1.82) is 0 Å². The highest BCUT2D eigenvalue weighted by atomic mass is 32.2. The summed E-state index contributed by atoms with van der Waals surface area (Å²) in [6.45, 7) is 1.13. The quantitative estimate of drug-likeness (QED) is 0.446. The summed E-state index contributed by atoms with van der Waals surface area (Å²) in [5, 5.41) is 2.83. The lowest BCUT2D eigenvalue weighted by Crippen LogP contribution is -2.42. The van der Waals surface area contributed by atoms with Gasteiger partial charge in [-0.15, -0.1) is 0 Å². The number of thioether (sulfide) groups is 1. The van der Waals surface area contributed by atoms with E-state index >= 15 is 0 Å². The molecule has 0 bridgehead atoms. The van der Waals surface area contributed by atoms with Crippen molar-refractivity contribution in [2.24, 2.45) is 0 Å². The molecule has 1 amide bonds. The van der Waals surface area contributed by atoms with E-state index in [4.69, 9.17) is 9.47 Å². The van der Waals surface area contributed by atoms with Crippen molar-refractivity contribution in [3.63, 3.8) is 0 Å². The summed E-state index contributed by atoms with van der Waals surface area (Å²) >= 11 is 1.61. The number of rotatable bonds is 11. The molecule has 7 nitrogen and oxygen atoms in total. The highest BCUT2D eigenvalue weighted by molar-refractivity contribution is 7.98. The molecule has 0 aliphatic heterocycles. The Morgan fingerprint density at radius 3 is 2.69 bits per heavy atom. The van der Waals surface area contributed by atoms with Crippen molar-refractivity contribution in [2.75, 3.05) is 25.7 Å². The van der Waals surface area contributed by atoms with Gasteiger partial charge in [-0.3, -0.25) is 4.79 Å². The molecule has 0 saturated carbocycles. The summed E-state index contributed by atoms with van der Waals surface area (Å²) in [5.41, 5.74) is 2.09. The highest BCUT2D eigenvalue weighted by Gasteiger charge is 2.23. The van der Waals surface area contributed by atoms with E-state index in [0.29, 0.717) is 30.9 Å². The first-order valence-corrected chi connectivity index (χ1v) is 11.7. The molecule has 0 fully saturated rings. The van der Waals surface area contributed by atoms with Gasteiger partial charge in [-0.2, -0.15) is 11.8 Å². The van der Waals surface area contributed by atoms with E-state index in [2.05, 4.69) is 10.3 Å². The van der Waals surface area contributed by atoms with Crippen LogP contribution in [0.5, 0.6) is 5.75 Å². The van der Waals surface area contributed by atoms with Gasteiger partial charge in [0.15, 0.2) is 0 Å². The number of ether oxygens (including phenoxy) is 2. The third-order valence-corrected chi connectivity index (χ3v) is 5.54. The molecule has 0 unspecified atom stereocenters. The molecule has 8 heteroatoms. The van der Waals surface area contributed by atoms with Crippen molar-refractivity contribution in [2.45, 2.75) is 19.0 Å². The molecular weight excluding hydrogens is 426 g/mol. The first kappa shape index (κ1) is 23.4. The summed E-state index contributed by atoms with van der Waals surface area (Å²) in [7, 11) is 1.33. The number of aromatic nitrogens is 2. The molecule has 0 aliphatic carbocycles. The smallest absolute Gasteiger partial charge is 0.328 e. The first-order valence-electron chi connectivity index (χ1n) is 10.3. The number of carbonyl (C=O) groups is 2. The molecule has 32 heavy (non-hydrogen) atoms. The van der Waals surface area contributed by atoms with Crippen LogP contribution in [0, 0.1) is 0 Å². The van der Waals surface area contributed by atoms with Crippen LogP contribution in [-0.2, 0) is 16.1 Å². The van der Waals surface area contributed by atoms with E-state index < -0.39 is 12.0 Å². The van der Waals surface area contributed by atoms with Crippen molar-refractivity contribution in [3.05, 3.63) is 72.8 Å². The third kappa shape index (κ3) is 6.37. The van der Waals surface area contributed by atoms with Crippen LogP contribution in [0.15, 0.2) is 67.3 Å². The fraction of sp³-hybridized carbons (Fsp3) is 0.292. The molecule has 0 spiro atoms. The Labute approximate surface area is 192 Å². The summed E-state index contributed by atoms with van der Waals surface area (Å²) in [4.78, 5) is 29.3. The second kappa shape index (κ2) is 12.0. The maximum atomic E-state index is 13.1. The van der Waals surface area contributed by atoms with Crippen LogP contribution in [-0.4, -0.2) is 53.2 Å². The Morgan fingerprint density at radius 2 is 2.00 bits per heavy atom. The Morgan fingerprint density at radius 1 is 1.19 bits per heavy atom. The maximum absolute atomic E-state index is 13.1. The van der Waals surface area contributed by atoms with Crippen LogP contribution in [0.2, 0.25) is 0 Å². The second-order valence-corrected chi connectivity index (χ2v) is 8.04. The molecule has 1 heterocycles. The molecule has 2 aromatic carbocycles. The molecule has 1 aromatic heterocycles. The van der Waals surface area contributed by atoms with E-state index in [1.54, 1.807) is 36.4 Å². The number of imidazole rings is 1. The second-order valence-electron chi connectivity index (χ2n) is 7.05. The number of esters is 1. The Bertz CT molecular complexity index is 1010. The number of hydrogen-bond donors (Lipinski definition) is 1. The van der Waals surface area contributed by atoms with Crippen molar-refractivity contribution in [3.8, 4) is 16.9 Å². The standard InChI is InChI=1S/C24H27N3O4S/c1-30-24(29)22(10-15-32-2)26-23(28)20-9-8-19(31-14-13-27-12-11-25-17-27)16-21(20)18-6-4-3-5-7-18/h3-9,11-12,16-17,22H,10,13-15H2,1-2H3,(H,26,28)/t22-/m0/s1. The SMILES string of the molecule is COC(=O)[C@H](CCSC)NC(=O)c1ccc(OCCn2ccnc2)cc1-c1ccccc1. The number of hydrogen-bond acceptors (Lipinski definition) is 6. The Balaban J connectivity index is 1.81. The van der Waals surface area contributed by atoms with E-state index in [1.807, 2.05) is 53.4 Å². The number of amides is 1. The molecule has 0 aliphatic rings. The largest absolute Gasteiger partial charge is 0.492 e. The van der Waals surface area contributed by atoms with Gasteiger partial charge in [0.1, 0.15) is 18.4 Å². The lowest BCUT2D eigenvalue weighted by Gasteiger charge is -2.18. The van der Waals surface area contributed by atoms with Crippen LogP contribution in [0.1, 0.15) is 16.8 Å². The average molecular weight is 454 g/mol. The topological polar surface area (TPSA) is 82.5 Å². The number of methoxy groups -OCH3 is 1. The first-order chi connectivity index (χ1) is 15.6. The van der Waals surface area contributed by atoms with Gasteiger partial charge < -0.3 is 19.4 Å². The van der Waals surface area contributed by atoms with Gasteiger partial charge in [0.25, 0.3) is 5.91 Å². The number of nitrogens with zero attached hydrogens (tertiary/aromatic N) is 2. The predicted octanol–water partition coefficient (Wildman–Crippen LogP) is 3.65. The maximum Gasteiger partial charge on any atom is 0.328 e. The lowest BCUT2D eigenvalue weighted by molar-refractivity contribution is -0.142. The zero-order chi connectivity index (χ0) is 22.8. The van der Waals surface area contributed by atoms with Crippen LogP contribution in [0.4, 0.5) is 0 Å². The van der Waals surface area contributed by atoms with E-state index in [1.165, 1.54) is 7.11 Å². The van der Waals surface area contributed by atoms with Gasteiger partial charge in [0.2, 0.25) is 0 Å². The van der Waals surface area contributed by atoms with Crippen LogP contribution < -0.4 is 10.1 Å². The van der Waals surface area contributed by atoms with Crippen molar-refractivity contribution in [1.82, 2.24) is 14.9 Å². The molecule has 3 aromatic rings. The minimum Gasteiger partial charge on any atom is -0.492 e. The van der Waals surface area contributed by atoms with Gasteiger partial charge >= 0.3 is 5.97 Å². The molecule has 3 rings (SSSR count). The van der Waals surface area contributed by atoms with Gasteiger partial charge in [-0.1, -0.05) is 30.3 Å². The number of carbonyl (C=O) groups excluding carboxylic acids is 2. The number of nitrogens with one attached hydrogen (secondary N) is 1. The summed E-state index contributed by atoms with van der Waals surface area (Å²) in [5.74, 6) is 0.612. The van der Waals surface area contributed by atoms with Gasteiger partial charge in [-0.25, -0.2) is 9.78 Å². The predicted molar refractivity (Wildman–Crippen MR) is 126 cm³/mol. The zero-order valence-electron chi connectivity index (χ0n) is 18.2. The van der Waals surface area contributed by atoms with Crippen LogP contribution >= 0.6 is 11.8 Å². The average Bonchev–Trinajstić information content (AvgIpc) is 3.35. The van der Waals surface area contributed by atoms with Gasteiger partial charge in [0.05, 0.1) is 20.0 Å². The summed E-state index contributed by atoms with van der Waals surface area (Å²) in [6, 6.07) is 14.3. The van der Waals surface area contributed by atoms with Crippen molar-refractivity contribution >= 4 is 23.6 Å². The minimum absolute atomic E-state index is 0.328. The highest BCUT2D eigenvalue weighted by Crippen LogP contribution is 2.28. The van der Waals surface area contributed by atoms with E-state index in [-0.39, 0.29) is 5.91 Å². The van der Waals surface area contributed by atoms with E-state index in [0.717, 1.165) is 16.9 Å². The van der Waals surface area contributed by atoms with Crippen molar-refractivity contribution < 1.29 is 19.1 Å². The molecule has 1 atom stereocenters. The Hall–Kier alpha value is -3.26. The normalized spacial score (nSPS) is 11.6. The molecule has 1 N–H and O–H groups in total. The van der Waals surface area contributed by atoms with Gasteiger partial charge in [0, 0.05) is 18.0 Å². The third-order valence-electron chi connectivity index (χ3n) is 4.90. The van der Waals surface area contributed by atoms with Crippen LogP contribution in [0.25, 0.3) is 11.1 Å². The molecular formula is C24H27N3O4S. The fourth-order valence-corrected chi connectivity index (χ4v) is 3.69. The summed E-state index contributed by atoms with van der Waals surface area (Å²) in [6.07, 6.45) is 7.79. The monoisotopic (exact) mass is 453 g/mol. The molecule has 0 radical (unpaired) electrons. The fourth-order valence-electron chi connectivity index (χ4n) is 3.22. The Kier molecular flexibility index (Phi) is 8.74.